The monoisotopic (exact) mass is 372 g/mol. The normalized spacial score (nSPS) is 19.6. The molecule has 2 aliphatic rings. The molecule has 2 amide bonds. The number of nitrogens with one attached hydrogen (secondary N) is 1. The molecule has 0 radical (unpaired) electrons. The van der Waals surface area contributed by atoms with E-state index in [9.17, 15) is 19.5 Å². The lowest BCUT2D eigenvalue weighted by molar-refractivity contribution is -0.138. The molecule has 1 aromatic rings. The lowest BCUT2D eigenvalue weighted by Crippen LogP contribution is -2.39. The van der Waals surface area contributed by atoms with E-state index < -0.39 is 17.9 Å². The van der Waals surface area contributed by atoms with Crippen LogP contribution < -0.4 is 10.3 Å². The highest BCUT2D eigenvalue weighted by atomic mass is 16.4. The van der Waals surface area contributed by atoms with Gasteiger partial charge in [-0.2, -0.15) is 5.10 Å². The van der Waals surface area contributed by atoms with Gasteiger partial charge in [0, 0.05) is 32.5 Å². The Kier molecular flexibility index (Phi) is 6.05. The van der Waals surface area contributed by atoms with Gasteiger partial charge in [0.05, 0.1) is 5.69 Å². The van der Waals surface area contributed by atoms with Crippen molar-refractivity contribution in [2.24, 2.45) is 5.10 Å². The summed E-state index contributed by atoms with van der Waals surface area (Å²) in [6, 6.07) is 7.98. The maximum absolute atomic E-state index is 12.4. The highest BCUT2D eigenvalue weighted by Crippen LogP contribution is 2.24. The number of carboxylic acid groups (broad SMARTS) is 1. The second-order valence-electron chi connectivity index (χ2n) is 6.73. The number of hydrogen-bond donors (Lipinski definition) is 2. The first-order valence-electron chi connectivity index (χ1n) is 9.27. The summed E-state index contributed by atoms with van der Waals surface area (Å²) in [4.78, 5) is 37.9. The molecule has 144 valence electrons. The van der Waals surface area contributed by atoms with Crippen LogP contribution in [0.25, 0.3) is 0 Å². The summed E-state index contributed by atoms with van der Waals surface area (Å²) in [5.74, 6) is -1.42. The average molecular weight is 372 g/mol. The van der Waals surface area contributed by atoms with Crippen LogP contribution in [0.2, 0.25) is 0 Å². The fourth-order valence-corrected chi connectivity index (χ4v) is 3.35. The molecule has 1 fully saturated rings. The molecule has 1 atom stereocenters. The van der Waals surface area contributed by atoms with Gasteiger partial charge >= 0.3 is 5.97 Å². The molecule has 3 rings (SSSR count). The third-order valence-corrected chi connectivity index (χ3v) is 4.81. The molecule has 0 spiro atoms. The summed E-state index contributed by atoms with van der Waals surface area (Å²) < 4.78 is 0. The van der Waals surface area contributed by atoms with Crippen molar-refractivity contribution in [3.8, 4) is 0 Å². The van der Waals surface area contributed by atoms with E-state index in [1.165, 1.54) is 5.01 Å². The van der Waals surface area contributed by atoms with Crippen LogP contribution in [-0.2, 0) is 14.4 Å². The fraction of sp³-hybridized carbons (Fsp3) is 0.474. The van der Waals surface area contributed by atoms with Crippen molar-refractivity contribution >= 4 is 29.2 Å². The van der Waals surface area contributed by atoms with Crippen LogP contribution in [0, 0.1) is 0 Å². The number of para-hydroxylation sites is 1. The predicted molar refractivity (Wildman–Crippen MR) is 100 cm³/mol. The number of hydrogen-bond acceptors (Lipinski definition) is 5. The number of rotatable bonds is 6. The summed E-state index contributed by atoms with van der Waals surface area (Å²) in [6.07, 6.45) is 3.48. The molecule has 0 bridgehead atoms. The van der Waals surface area contributed by atoms with Gasteiger partial charge < -0.3 is 15.3 Å². The second-order valence-corrected chi connectivity index (χ2v) is 6.73. The second kappa shape index (κ2) is 8.66. The summed E-state index contributed by atoms with van der Waals surface area (Å²) in [6.45, 7) is 1.79. The van der Waals surface area contributed by atoms with Gasteiger partial charge in [-0.3, -0.25) is 14.6 Å². The first-order chi connectivity index (χ1) is 13.1. The molecule has 1 saturated heterocycles. The van der Waals surface area contributed by atoms with Gasteiger partial charge in [0.25, 0.3) is 5.91 Å². The number of likely N-dealkylation sites (tertiary alicyclic amines) is 1. The van der Waals surface area contributed by atoms with Crippen molar-refractivity contribution in [2.75, 3.05) is 24.6 Å². The highest BCUT2D eigenvalue weighted by molar-refractivity contribution is 6.40. The van der Waals surface area contributed by atoms with Crippen LogP contribution in [0.3, 0.4) is 0 Å². The minimum Gasteiger partial charge on any atom is -0.480 e. The number of aliphatic carboxylic acids is 1. The average Bonchev–Trinajstić information content (AvgIpc) is 3.15. The van der Waals surface area contributed by atoms with E-state index in [0.717, 1.165) is 32.4 Å². The summed E-state index contributed by atoms with van der Waals surface area (Å²) >= 11 is 0. The molecule has 0 aromatic heterocycles. The summed E-state index contributed by atoms with van der Waals surface area (Å²) in [5, 5.41) is 17.7. The van der Waals surface area contributed by atoms with Crippen molar-refractivity contribution in [1.82, 2.24) is 10.2 Å². The van der Waals surface area contributed by atoms with E-state index in [2.05, 4.69) is 10.4 Å². The smallest absolute Gasteiger partial charge is 0.328 e. The molecule has 8 heteroatoms. The molecular formula is C19H24N4O4. The molecule has 0 aliphatic carbocycles. The van der Waals surface area contributed by atoms with E-state index in [0.29, 0.717) is 5.69 Å². The molecule has 2 N–H and O–H groups in total. The summed E-state index contributed by atoms with van der Waals surface area (Å²) in [7, 11) is 0. The molecule has 2 aliphatic heterocycles. The van der Waals surface area contributed by atoms with Crippen LogP contribution in [0.1, 0.15) is 32.1 Å². The lowest BCUT2D eigenvalue weighted by Gasteiger charge is -2.26. The highest BCUT2D eigenvalue weighted by Gasteiger charge is 2.36. The molecule has 1 unspecified atom stereocenters. The Morgan fingerprint density at radius 2 is 1.81 bits per heavy atom. The van der Waals surface area contributed by atoms with Crippen LogP contribution in [-0.4, -0.2) is 59.2 Å². The zero-order valence-electron chi connectivity index (χ0n) is 15.1. The number of anilines is 1. The van der Waals surface area contributed by atoms with E-state index in [-0.39, 0.29) is 31.0 Å². The minimum absolute atomic E-state index is 0.0239. The van der Waals surface area contributed by atoms with E-state index in [1.54, 1.807) is 24.3 Å². The van der Waals surface area contributed by atoms with E-state index >= 15 is 0 Å². The topological polar surface area (TPSA) is 102 Å². The first-order valence-corrected chi connectivity index (χ1v) is 9.27. The standard InChI is InChI=1S/C19H24N4O4/c24-17(22-11-5-2-6-12-22)9-10-20-18(25)15-13-16(19(26)27)23(21-15)14-7-3-1-4-8-14/h1,3-4,7-8,16H,2,5-6,9-13H2,(H,20,25)(H,26,27). The number of carboxylic acids is 1. The quantitative estimate of drug-likeness (QED) is 0.782. The molecule has 2 heterocycles. The van der Waals surface area contributed by atoms with Crippen LogP contribution >= 0.6 is 0 Å². The summed E-state index contributed by atoms with van der Waals surface area (Å²) in [5.41, 5.74) is 0.782. The number of hydrazone groups is 1. The van der Waals surface area contributed by atoms with Crippen molar-refractivity contribution < 1.29 is 19.5 Å². The van der Waals surface area contributed by atoms with Gasteiger partial charge in [-0.15, -0.1) is 0 Å². The maximum Gasteiger partial charge on any atom is 0.328 e. The van der Waals surface area contributed by atoms with Crippen molar-refractivity contribution in [1.29, 1.82) is 0 Å². The Bertz CT molecular complexity index is 728. The SMILES string of the molecule is O=C(NCCC(=O)N1CCCCC1)C1=NN(c2ccccc2)C(C(=O)O)C1. The Morgan fingerprint density at radius 3 is 2.48 bits per heavy atom. The van der Waals surface area contributed by atoms with Gasteiger partial charge in [0.1, 0.15) is 5.71 Å². The lowest BCUT2D eigenvalue weighted by atomic mass is 10.1. The van der Waals surface area contributed by atoms with Gasteiger partial charge in [-0.1, -0.05) is 18.2 Å². The van der Waals surface area contributed by atoms with Crippen LogP contribution in [0.5, 0.6) is 0 Å². The van der Waals surface area contributed by atoms with E-state index in [4.69, 9.17) is 0 Å². The third kappa shape index (κ3) is 4.64. The minimum atomic E-state index is -1.04. The van der Waals surface area contributed by atoms with Gasteiger partial charge in [-0.05, 0) is 31.4 Å². The van der Waals surface area contributed by atoms with E-state index in [1.807, 2.05) is 11.0 Å². The predicted octanol–water partition coefficient (Wildman–Crippen LogP) is 1.22. The third-order valence-electron chi connectivity index (χ3n) is 4.81. The zero-order valence-corrected chi connectivity index (χ0v) is 15.1. The number of benzene rings is 1. The van der Waals surface area contributed by atoms with Crippen LogP contribution in [0.15, 0.2) is 35.4 Å². The Labute approximate surface area is 157 Å². The molecule has 1 aromatic carbocycles. The molecule has 27 heavy (non-hydrogen) atoms. The van der Waals surface area contributed by atoms with Crippen molar-refractivity contribution in [2.45, 2.75) is 38.1 Å². The number of nitrogens with zero attached hydrogens (tertiary/aromatic N) is 3. The van der Waals surface area contributed by atoms with Gasteiger partial charge in [0.2, 0.25) is 5.91 Å². The number of piperidine rings is 1. The Hall–Kier alpha value is -2.90. The van der Waals surface area contributed by atoms with Gasteiger partial charge in [-0.25, -0.2) is 4.79 Å². The van der Waals surface area contributed by atoms with Gasteiger partial charge in [0.15, 0.2) is 6.04 Å². The van der Waals surface area contributed by atoms with Crippen molar-refractivity contribution in [3.05, 3.63) is 30.3 Å². The largest absolute Gasteiger partial charge is 0.480 e. The van der Waals surface area contributed by atoms with Crippen molar-refractivity contribution in [3.63, 3.8) is 0 Å². The maximum atomic E-state index is 12.4. The number of carbonyl (C=O) groups is 3. The number of carbonyl (C=O) groups excluding carboxylic acids is 2. The Balaban J connectivity index is 1.56. The molecular weight excluding hydrogens is 348 g/mol. The first kappa shape index (κ1) is 18.9. The Morgan fingerprint density at radius 1 is 1.11 bits per heavy atom. The molecule has 0 saturated carbocycles. The zero-order chi connectivity index (χ0) is 19.2. The van der Waals surface area contributed by atoms with Crippen LogP contribution in [0.4, 0.5) is 5.69 Å². The molecule has 8 nitrogen and oxygen atoms in total. The fourth-order valence-electron chi connectivity index (χ4n) is 3.35. The number of amides is 2.